The molecule has 3 N–H and O–H groups in total. The van der Waals surface area contributed by atoms with E-state index in [1.165, 1.54) is 24.3 Å². The van der Waals surface area contributed by atoms with Crippen molar-refractivity contribution >= 4 is 21.7 Å². The lowest BCUT2D eigenvalue weighted by Crippen LogP contribution is -2.31. The number of benzene rings is 2. The van der Waals surface area contributed by atoms with Gasteiger partial charge in [-0.25, -0.2) is 14.7 Å². The fourth-order valence-electron chi connectivity index (χ4n) is 3.57. The van der Waals surface area contributed by atoms with Crippen molar-refractivity contribution in [2.75, 3.05) is 12.3 Å². The van der Waals surface area contributed by atoms with Crippen LogP contribution >= 0.6 is 0 Å². The van der Waals surface area contributed by atoms with Gasteiger partial charge in [0, 0.05) is 5.56 Å². The molecule has 2 aromatic carbocycles. The Bertz CT molecular complexity index is 1550. The van der Waals surface area contributed by atoms with E-state index >= 15 is 0 Å². The monoisotopic (exact) mass is 518 g/mol. The van der Waals surface area contributed by atoms with E-state index in [1.54, 1.807) is 12.1 Å². The van der Waals surface area contributed by atoms with E-state index in [4.69, 9.17) is 15.2 Å². The highest BCUT2D eigenvalue weighted by Gasteiger charge is 2.24. The maximum Gasteiger partial charge on any atom is 0.281 e. The van der Waals surface area contributed by atoms with Gasteiger partial charge in [-0.2, -0.15) is 8.42 Å². The predicted octanol–water partition coefficient (Wildman–Crippen LogP) is 4.65. The van der Waals surface area contributed by atoms with Gasteiger partial charge in [0.2, 0.25) is 5.88 Å². The largest absolute Gasteiger partial charge is 0.494 e. The summed E-state index contributed by atoms with van der Waals surface area (Å²) < 4.78 is 39.1. The summed E-state index contributed by atoms with van der Waals surface area (Å²) in [6, 6.07) is 20.1. The van der Waals surface area contributed by atoms with Crippen molar-refractivity contribution in [1.29, 1.82) is 0 Å². The smallest absolute Gasteiger partial charge is 0.281 e. The van der Waals surface area contributed by atoms with Crippen LogP contribution in [-0.4, -0.2) is 30.9 Å². The molecule has 0 atom stereocenters. The Kier molecular flexibility index (Phi) is 7.40. The molecule has 10 heteroatoms. The predicted molar refractivity (Wildman–Crippen MR) is 140 cm³/mol. The Labute approximate surface area is 215 Å². The van der Waals surface area contributed by atoms with Gasteiger partial charge in [-0.1, -0.05) is 23.8 Å². The van der Waals surface area contributed by atoms with Crippen LogP contribution in [0.25, 0.3) is 11.3 Å². The second-order valence-electron chi connectivity index (χ2n) is 8.21. The molecule has 4 rings (SSSR count). The minimum absolute atomic E-state index is 0.00978. The zero-order chi connectivity index (χ0) is 26.6. The third kappa shape index (κ3) is 6.04. The number of hydrogen-bond acceptors (Lipinski definition) is 8. The van der Waals surface area contributed by atoms with E-state index in [2.05, 4.69) is 9.97 Å². The molecule has 0 aliphatic rings. The third-order valence-corrected chi connectivity index (χ3v) is 6.58. The molecule has 0 aliphatic carbocycles. The summed E-state index contributed by atoms with van der Waals surface area (Å²) in [6.45, 7) is 6.27. The Balaban J connectivity index is 1.72. The minimum atomic E-state index is -4.29. The van der Waals surface area contributed by atoms with Gasteiger partial charge in [0.25, 0.3) is 15.9 Å². The molecule has 9 nitrogen and oxygen atoms in total. The van der Waals surface area contributed by atoms with Crippen LogP contribution in [0, 0.1) is 13.8 Å². The van der Waals surface area contributed by atoms with Crippen LogP contribution in [-0.2, 0) is 10.0 Å². The van der Waals surface area contributed by atoms with Crippen molar-refractivity contribution in [2.45, 2.75) is 25.8 Å². The van der Waals surface area contributed by atoms with Crippen molar-refractivity contribution in [3.8, 4) is 28.6 Å². The summed E-state index contributed by atoms with van der Waals surface area (Å²) in [5, 5.41) is -0.378. The zero-order valence-electron chi connectivity index (χ0n) is 20.6. The molecule has 0 aliphatic heterocycles. The molecule has 0 bridgehead atoms. The normalized spacial score (nSPS) is 11.1. The fourth-order valence-corrected chi connectivity index (χ4v) is 4.51. The molecule has 190 valence electrons. The summed E-state index contributed by atoms with van der Waals surface area (Å²) in [6.07, 6.45) is 0. The van der Waals surface area contributed by atoms with E-state index in [9.17, 15) is 13.2 Å². The van der Waals surface area contributed by atoms with E-state index in [0.29, 0.717) is 18.1 Å². The van der Waals surface area contributed by atoms with Gasteiger partial charge >= 0.3 is 0 Å². The van der Waals surface area contributed by atoms with Gasteiger partial charge in [-0.05, 0) is 80.9 Å². The highest BCUT2D eigenvalue weighted by atomic mass is 32.2. The van der Waals surface area contributed by atoms with E-state index in [-0.39, 0.29) is 22.3 Å². The highest BCUT2D eigenvalue weighted by molar-refractivity contribution is 7.90. The molecule has 1 amide bonds. The standard InChI is InChI=1S/C27H26N4O5S/c1-4-35-20-11-9-19(10-12-20)22-14-13-21(27(29-22)36-23-15-8-17(2)16-18(23)3)26(32)31-37(33,34)25-7-5-6-24(28)30-25/h5-16H,4H2,1-3H3,(H2,28,30)(H,31,32). The Morgan fingerprint density at radius 3 is 2.41 bits per heavy atom. The molecule has 0 spiro atoms. The van der Waals surface area contributed by atoms with E-state index < -0.39 is 15.9 Å². The Hall–Kier alpha value is -4.44. The van der Waals surface area contributed by atoms with Crippen LogP contribution in [0.4, 0.5) is 5.82 Å². The molecule has 0 saturated carbocycles. The summed E-state index contributed by atoms with van der Waals surface area (Å²) >= 11 is 0. The number of nitrogens with zero attached hydrogens (tertiary/aromatic N) is 2. The maximum atomic E-state index is 13.1. The number of anilines is 1. The van der Waals surface area contributed by atoms with Crippen LogP contribution in [0.5, 0.6) is 17.4 Å². The molecule has 4 aromatic rings. The van der Waals surface area contributed by atoms with Crippen molar-refractivity contribution in [1.82, 2.24) is 14.7 Å². The number of amides is 1. The van der Waals surface area contributed by atoms with Gasteiger partial charge in [-0.3, -0.25) is 4.79 Å². The van der Waals surface area contributed by atoms with Crippen LogP contribution in [0.1, 0.15) is 28.4 Å². The first-order valence-electron chi connectivity index (χ1n) is 11.5. The average Bonchev–Trinajstić information content (AvgIpc) is 2.86. The molecular weight excluding hydrogens is 492 g/mol. The van der Waals surface area contributed by atoms with Gasteiger partial charge < -0.3 is 15.2 Å². The fraction of sp³-hybridized carbons (Fsp3) is 0.148. The molecule has 2 aromatic heterocycles. The lowest BCUT2D eigenvalue weighted by molar-refractivity contribution is 0.0978. The molecule has 0 fully saturated rings. The number of hydrogen-bond donors (Lipinski definition) is 2. The summed E-state index contributed by atoms with van der Waals surface area (Å²) in [5.74, 6) is 0.239. The molecule has 0 unspecified atom stereocenters. The number of nitrogens with two attached hydrogens (primary N) is 1. The van der Waals surface area contributed by atoms with Crippen LogP contribution < -0.4 is 19.9 Å². The lowest BCUT2D eigenvalue weighted by atomic mass is 10.1. The number of aromatic nitrogens is 2. The van der Waals surface area contributed by atoms with Gasteiger partial charge in [0.05, 0.1) is 12.3 Å². The second kappa shape index (κ2) is 10.7. The quantitative estimate of drug-likeness (QED) is 0.344. The van der Waals surface area contributed by atoms with Crippen LogP contribution in [0.15, 0.2) is 77.8 Å². The summed E-state index contributed by atoms with van der Waals surface area (Å²) in [7, 11) is -4.29. The first kappa shape index (κ1) is 25.6. The van der Waals surface area contributed by atoms with Gasteiger partial charge in [-0.15, -0.1) is 0 Å². The number of carbonyl (C=O) groups excluding carboxylic acids is 1. The van der Waals surface area contributed by atoms with Crippen molar-refractivity contribution < 1.29 is 22.7 Å². The average molecular weight is 519 g/mol. The molecule has 2 heterocycles. The number of carbonyl (C=O) groups is 1. The van der Waals surface area contributed by atoms with Crippen LogP contribution in [0.2, 0.25) is 0 Å². The highest BCUT2D eigenvalue weighted by Crippen LogP contribution is 2.30. The first-order chi connectivity index (χ1) is 17.7. The minimum Gasteiger partial charge on any atom is -0.494 e. The Morgan fingerprint density at radius 1 is 0.973 bits per heavy atom. The zero-order valence-corrected chi connectivity index (χ0v) is 21.4. The van der Waals surface area contributed by atoms with E-state index in [0.717, 1.165) is 22.4 Å². The number of nitrogen functional groups attached to an aromatic ring is 1. The van der Waals surface area contributed by atoms with Crippen LogP contribution in [0.3, 0.4) is 0 Å². The molecule has 0 saturated heterocycles. The van der Waals surface area contributed by atoms with Crippen molar-refractivity contribution in [3.63, 3.8) is 0 Å². The topological polar surface area (TPSA) is 134 Å². The summed E-state index contributed by atoms with van der Waals surface area (Å²) in [4.78, 5) is 21.5. The number of ether oxygens (including phenoxy) is 2. The van der Waals surface area contributed by atoms with Crippen molar-refractivity contribution in [2.24, 2.45) is 0 Å². The van der Waals surface area contributed by atoms with Gasteiger partial charge in [0.1, 0.15) is 22.9 Å². The molecule has 37 heavy (non-hydrogen) atoms. The number of nitrogens with one attached hydrogen (secondary N) is 1. The van der Waals surface area contributed by atoms with Crippen molar-refractivity contribution in [3.05, 3.63) is 89.5 Å². The molecular formula is C27H26N4O5S. The maximum absolute atomic E-state index is 13.1. The lowest BCUT2D eigenvalue weighted by Gasteiger charge is -2.14. The number of rotatable bonds is 8. The Morgan fingerprint density at radius 2 is 1.73 bits per heavy atom. The van der Waals surface area contributed by atoms with Gasteiger partial charge in [0.15, 0.2) is 5.03 Å². The number of sulfonamides is 1. The SMILES string of the molecule is CCOc1ccc(-c2ccc(C(=O)NS(=O)(=O)c3cccc(N)n3)c(Oc3ccc(C)cc3C)n2)cc1. The number of aryl methyl sites for hydroxylation is 2. The first-order valence-corrected chi connectivity index (χ1v) is 12.9. The summed E-state index contributed by atoms with van der Waals surface area (Å²) in [5.41, 5.74) is 8.70. The second-order valence-corrected chi connectivity index (χ2v) is 9.84. The van der Waals surface area contributed by atoms with E-state index in [1.807, 2.05) is 61.9 Å². The third-order valence-electron chi connectivity index (χ3n) is 5.35. The molecule has 0 radical (unpaired) electrons. The number of pyridine rings is 2.